The van der Waals surface area contributed by atoms with Crippen LogP contribution < -0.4 is 0 Å². The molecule has 2 unspecified atom stereocenters. The fourth-order valence-corrected chi connectivity index (χ4v) is 3.62. The van der Waals surface area contributed by atoms with E-state index in [4.69, 9.17) is 10.8 Å². The summed E-state index contributed by atoms with van der Waals surface area (Å²) >= 11 is 0. The lowest BCUT2D eigenvalue weighted by atomic mass is 9.80. The molecule has 0 aromatic rings. The van der Waals surface area contributed by atoms with Crippen LogP contribution in [0.3, 0.4) is 0 Å². The monoisotopic (exact) mass is 278 g/mol. The highest BCUT2D eigenvalue weighted by molar-refractivity contribution is 6.74. The van der Waals surface area contributed by atoms with Crippen LogP contribution in [0.25, 0.3) is 0 Å². The molecule has 0 saturated carbocycles. The average Bonchev–Trinajstić information content (AvgIpc) is 2.29. The summed E-state index contributed by atoms with van der Waals surface area (Å²) in [6.45, 7) is 15.9. The van der Waals surface area contributed by atoms with Crippen molar-refractivity contribution in [1.82, 2.24) is 0 Å². The normalized spacial score (nSPS) is 22.9. The lowest BCUT2D eigenvalue weighted by Gasteiger charge is -2.40. The molecule has 0 saturated heterocycles. The van der Waals surface area contributed by atoms with Gasteiger partial charge in [0.1, 0.15) is 0 Å². The Labute approximate surface area is 120 Å². The SMILES string of the molecule is C#CC(C)C1CCCC(O[Si](C)(C)C(C)(C)C)=C1C. The van der Waals surface area contributed by atoms with Crippen molar-refractivity contribution in [2.24, 2.45) is 11.8 Å². The highest BCUT2D eigenvalue weighted by atomic mass is 28.4. The van der Waals surface area contributed by atoms with Gasteiger partial charge in [0.15, 0.2) is 0 Å². The maximum atomic E-state index is 6.53. The van der Waals surface area contributed by atoms with Crippen molar-refractivity contribution in [3.05, 3.63) is 11.3 Å². The molecule has 0 aromatic carbocycles. The van der Waals surface area contributed by atoms with Gasteiger partial charge in [-0.25, -0.2) is 0 Å². The first-order valence-electron chi connectivity index (χ1n) is 7.45. The van der Waals surface area contributed by atoms with E-state index in [9.17, 15) is 0 Å². The Morgan fingerprint density at radius 3 is 2.42 bits per heavy atom. The molecule has 0 aromatic heterocycles. The Bertz CT molecular complexity index is 392. The predicted molar refractivity (Wildman–Crippen MR) is 86.3 cm³/mol. The third-order valence-corrected chi connectivity index (χ3v) is 9.34. The first-order valence-corrected chi connectivity index (χ1v) is 10.4. The van der Waals surface area contributed by atoms with Crippen molar-refractivity contribution < 1.29 is 4.43 Å². The fraction of sp³-hybridized carbons (Fsp3) is 0.765. The summed E-state index contributed by atoms with van der Waals surface area (Å²) in [5.74, 6) is 4.97. The van der Waals surface area contributed by atoms with E-state index in [-0.39, 0.29) is 5.04 Å². The molecule has 0 bridgehead atoms. The average molecular weight is 279 g/mol. The van der Waals surface area contributed by atoms with Crippen LogP contribution in [0.1, 0.15) is 53.9 Å². The Morgan fingerprint density at radius 1 is 1.37 bits per heavy atom. The van der Waals surface area contributed by atoms with Crippen molar-refractivity contribution in [3.63, 3.8) is 0 Å². The maximum absolute atomic E-state index is 6.53. The van der Waals surface area contributed by atoms with Gasteiger partial charge in [0.05, 0.1) is 5.76 Å². The first kappa shape index (κ1) is 16.4. The number of hydrogen-bond donors (Lipinski definition) is 0. The third-order valence-electron chi connectivity index (χ3n) is 4.97. The third kappa shape index (κ3) is 3.66. The summed E-state index contributed by atoms with van der Waals surface area (Å²) in [7, 11) is -1.72. The molecule has 0 heterocycles. The van der Waals surface area contributed by atoms with Gasteiger partial charge < -0.3 is 4.43 Å². The lowest BCUT2D eigenvalue weighted by molar-refractivity contribution is 0.308. The molecule has 0 fully saturated rings. The molecule has 0 amide bonds. The Balaban J connectivity index is 2.97. The van der Waals surface area contributed by atoms with Crippen molar-refractivity contribution in [2.75, 3.05) is 0 Å². The van der Waals surface area contributed by atoms with Crippen LogP contribution in [0.5, 0.6) is 0 Å². The molecule has 0 aliphatic heterocycles. The van der Waals surface area contributed by atoms with Crippen LogP contribution in [-0.4, -0.2) is 8.32 Å². The molecule has 2 heteroatoms. The standard InChI is InChI=1S/C17H30OSi/c1-9-13(2)15-11-10-12-16(14(15)3)18-19(7,8)17(4,5)6/h1,13,15H,10-12H2,2-8H3. The molecule has 1 rings (SSSR count). The molecule has 108 valence electrons. The van der Waals surface area contributed by atoms with E-state index in [0.29, 0.717) is 11.8 Å². The molecular weight excluding hydrogens is 248 g/mol. The topological polar surface area (TPSA) is 9.23 Å². The summed E-state index contributed by atoms with van der Waals surface area (Å²) in [6.07, 6.45) is 9.11. The minimum absolute atomic E-state index is 0.255. The van der Waals surface area contributed by atoms with Gasteiger partial charge in [0, 0.05) is 12.3 Å². The second kappa shape index (κ2) is 5.75. The summed E-state index contributed by atoms with van der Waals surface area (Å²) in [4.78, 5) is 0. The van der Waals surface area contributed by atoms with Gasteiger partial charge in [-0.1, -0.05) is 27.7 Å². The zero-order chi connectivity index (χ0) is 14.8. The van der Waals surface area contributed by atoms with Crippen molar-refractivity contribution in [2.45, 2.75) is 72.0 Å². The molecule has 0 N–H and O–H groups in total. The van der Waals surface area contributed by atoms with Crippen LogP contribution >= 0.6 is 0 Å². The van der Waals surface area contributed by atoms with Crippen LogP contribution in [0.4, 0.5) is 0 Å². The molecular formula is C17H30OSi. The van der Waals surface area contributed by atoms with Crippen LogP contribution in [-0.2, 0) is 4.43 Å². The van der Waals surface area contributed by atoms with Gasteiger partial charge in [-0.3, -0.25) is 0 Å². The molecule has 2 atom stereocenters. The summed E-state index contributed by atoms with van der Waals surface area (Å²) in [5, 5.41) is 0.255. The van der Waals surface area contributed by atoms with Gasteiger partial charge in [0.2, 0.25) is 8.32 Å². The van der Waals surface area contributed by atoms with Crippen molar-refractivity contribution >= 4 is 8.32 Å². The van der Waals surface area contributed by atoms with E-state index in [1.54, 1.807) is 0 Å². The zero-order valence-electron chi connectivity index (χ0n) is 13.8. The highest BCUT2D eigenvalue weighted by Crippen LogP contribution is 2.42. The summed E-state index contributed by atoms with van der Waals surface area (Å²) < 4.78 is 6.53. The largest absolute Gasteiger partial charge is 0.547 e. The molecule has 1 aliphatic rings. The Kier molecular flexibility index (Phi) is 4.95. The minimum Gasteiger partial charge on any atom is -0.547 e. The second-order valence-corrected chi connectivity index (χ2v) is 12.1. The maximum Gasteiger partial charge on any atom is 0.250 e. The molecule has 1 nitrogen and oxygen atoms in total. The van der Waals surface area contributed by atoms with E-state index in [1.807, 2.05) is 0 Å². The van der Waals surface area contributed by atoms with E-state index < -0.39 is 8.32 Å². The second-order valence-electron chi connectivity index (χ2n) is 7.42. The number of rotatable bonds is 3. The van der Waals surface area contributed by atoms with Crippen LogP contribution in [0.15, 0.2) is 11.3 Å². The highest BCUT2D eigenvalue weighted by Gasteiger charge is 2.40. The summed E-state index contributed by atoms with van der Waals surface area (Å²) in [5.41, 5.74) is 1.40. The van der Waals surface area contributed by atoms with Gasteiger partial charge >= 0.3 is 0 Å². The van der Waals surface area contributed by atoms with Gasteiger partial charge in [0.25, 0.3) is 0 Å². The Hall–Kier alpha value is -0.683. The van der Waals surface area contributed by atoms with Crippen LogP contribution in [0, 0.1) is 24.2 Å². The van der Waals surface area contributed by atoms with Crippen molar-refractivity contribution in [1.29, 1.82) is 0 Å². The molecule has 19 heavy (non-hydrogen) atoms. The molecule has 0 spiro atoms. The van der Waals surface area contributed by atoms with E-state index >= 15 is 0 Å². The molecule has 0 radical (unpaired) electrons. The lowest BCUT2D eigenvalue weighted by Crippen LogP contribution is -2.41. The van der Waals surface area contributed by atoms with Gasteiger partial charge in [-0.15, -0.1) is 12.3 Å². The van der Waals surface area contributed by atoms with Gasteiger partial charge in [-0.2, -0.15) is 0 Å². The number of allylic oxidation sites excluding steroid dienone is 2. The van der Waals surface area contributed by atoms with E-state index in [0.717, 1.165) is 6.42 Å². The van der Waals surface area contributed by atoms with Crippen molar-refractivity contribution in [3.8, 4) is 12.3 Å². The van der Waals surface area contributed by atoms with Gasteiger partial charge in [-0.05, 0) is 49.4 Å². The predicted octanol–water partition coefficient (Wildman–Crippen LogP) is 5.35. The fourth-order valence-electron chi connectivity index (χ4n) is 2.44. The van der Waals surface area contributed by atoms with Crippen LogP contribution in [0.2, 0.25) is 18.1 Å². The molecule has 1 aliphatic carbocycles. The number of terminal acetylenes is 1. The van der Waals surface area contributed by atoms with E-state index in [1.165, 1.54) is 24.2 Å². The number of hydrogen-bond acceptors (Lipinski definition) is 1. The van der Waals surface area contributed by atoms with E-state index in [2.05, 4.69) is 53.6 Å². The quantitative estimate of drug-likeness (QED) is 0.499. The summed E-state index contributed by atoms with van der Waals surface area (Å²) in [6, 6.07) is 0. The smallest absolute Gasteiger partial charge is 0.250 e. The minimum atomic E-state index is -1.72. The first-order chi connectivity index (χ1) is 8.60. The Morgan fingerprint density at radius 2 is 1.95 bits per heavy atom. The zero-order valence-corrected chi connectivity index (χ0v) is 14.8.